The van der Waals surface area contributed by atoms with E-state index in [0.717, 1.165) is 10.2 Å². The highest BCUT2D eigenvalue weighted by Crippen LogP contribution is 2.29. The van der Waals surface area contributed by atoms with Crippen LogP contribution >= 0.6 is 27.5 Å². The quantitative estimate of drug-likeness (QED) is 0.847. The lowest BCUT2D eigenvalue weighted by atomic mass is 10.3. The molecule has 16 heavy (non-hydrogen) atoms. The minimum atomic E-state index is 0.598. The fraction of sp³-hybridized carbons (Fsp3) is 0.0909. The van der Waals surface area contributed by atoms with E-state index in [0.29, 0.717) is 10.8 Å². The molecule has 0 saturated carbocycles. The van der Waals surface area contributed by atoms with Crippen LogP contribution < -0.4 is 4.90 Å². The average Bonchev–Trinajstić information content (AvgIpc) is 2.29. The van der Waals surface area contributed by atoms with Crippen molar-refractivity contribution in [3.8, 4) is 0 Å². The summed E-state index contributed by atoms with van der Waals surface area (Å²) in [5.41, 5.74) is 0.944. The Kier molecular flexibility index (Phi) is 3.41. The van der Waals surface area contributed by atoms with Crippen LogP contribution in [0.1, 0.15) is 0 Å². The molecular formula is C11H9BrClN3. The number of hydrogen-bond acceptors (Lipinski definition) is 3. The van der Waals surface area contributed by atoms with E-state index in [-0.39, 0.29) is 0 Å². The van der Waals surface area contributed by atoms with Crippen molar-refractivity contribution in [2.75, 3.05) is 11.9 Å². The van der Waals surface area contributed by atoms with E-state index in [9.17, 15) is 0 Å². The van der Waals surface area contributed by atoms with Crippen LogP contribution in [0.5, 0.6) is 0 Å². The Morgan fingerprint density at radius 1 is 1.38 bits per heavy atom. The van der Waals surface area contributed by atoms with Crippen molar-refractivity contribution in [1.82, 2.24) is 9.97 Å². The van der Waals surface area contributed by atoms with E-state index in [1.165, 1.54) is 0 Å². The van der Waals surface area contributed by atoms with Crippen LogP contribution in [-0.2, 0) is 0 Å². The van der Waals surface area contributed by atoms with Gasteiger partial charge in [0.2, 0.25) is 0 Å². The summed E-state index contributed by atoms with van der Waals surface area (Å²) < 4.78 is 0.862. The molecule has 0 radical (unpaired) electrons. The van der Waals surface area contributed by atoms with Gasteiger partial charge in [-0.05, 0) is 34.1 Å². The molecule has 2 aromatic rings. The van der Waals surface area contributed by atoms with E-state index in [1.54, 1.807) is 18.6 Å². The first-order valence-corrected chi connectivity index (χ1v) is 5.80. The Hall–Kier alpha value is -1.13. The number of pyridine rings is 2. The number of halogens is 2. The summed E-state index contributed by atoms with van der Waals surface area (Å²) >= 11 is 9.44. The van der Waals surface area contributed by atoms with Gasteiger partial charge >= 0.3 is 0 Å². The zero-order valence-corrected chi connectivity index (χ0v) is 10.9. The van der Waals surface area contributed by atoms with Crippen LogP contribution in [0.25, 0.3) is 0 Å². The molecular weight excluding hydrogens is 289 g/mol. The molecule has 0 unspecified atom stereocenters. The normalized spacial score (nSPS) is 10.2. The molecule has 2 aromatic heterocycles. The summed E-state index contributed by atoms with van der Waals surface area (Å²) in [4.78, 5) is 10.2. The third-order valence-electron chi connectivity index (χ3n) is 2.14. The van der Waals surface area contributed by atoms with E-state index in [2.05, 4.69) is 25.9 Å². The van der Waals surface area contributed by atoms with Crippen LogP contribution in [0, 0.1) is 0 Å². The topological polar surface area (TPSA) is 29.0 Å². The van der Waals surface area contributed by atoms with Crippen molar-refractivity contribution in [1.29, 1.82) is 0 Å². The van der Waals surface area contributed by atoms with E-state index in [1.807, 2.05) is 30.1 Å². The number of hydrogen-bond donors (Lipinski definition) is 0. The fourth-order valence-corrected chi connectivity index (χ4v) is 2.08. The van der Waals surface area contributed by atoms with E-state index in [4.69, 9.17) is 11.6 Å². The first-order valence-electron chi connectivity index (χ1n) is 4.63. The predicted octanol–water partition coefficient (Wildman–Crippen LogP) is 3.66. The van der Waals surface area contributed by atoms with Crippen molar-refractivity contribution in [3.63, 3.8) is 0 Å². The number of nitrogens with zero attached hydrogens (tertiary/aromatic N) is 3. The highest BCUT2D eigenvalue weighted by molar-refractivity contribution is 9.10. The first-order chi connectivity index (χ1) is 7.68. The monoisotopic (exact) mass is 297 g/mol. The van der Waals surface area contributed by atoms with Crippen LogP contribution in [0.2, 0.25) is 5.02 Å². The predicted molar refractivity (Wildman–Crippen MR) is 69.2 cm³/mol. The van der Waals surface area contributed by atoms with Gasteiger partial charge < -0.3 is 4.90 Å². The summed E-state index contributed by atoms with van der Waals surface area (Å²) in [6.45, 7) is 0. The van der Waals surface area contributed by atoms with Crippen molar-refractivity contribution < 1.29 is 0 Å². The zero-order valence-electron chi connectivity index (χ0n) is 8.56. The maximum atomic E-state index is 6.12. The summed E-state index contributed by atoms with van der Waals surface area (Å²) in [5.74, 6) is 0.706. The SMILES string of the molecule is CN(c1cccnc1)c1ncc(Br)cc1Cl. The molecule has 0 aromatic carbocycles. The number of rotatable bonds is 2. The van der Waals surface area contributed by atoms with Gasteiger partial charge in [-0.15, -0.1) is 0 Å². The summed E-state index contributed by atoms with van der Waals surface area (Å²) in [5, 5.41) is 0.598. The third kappa shape index (κ3) is 2.33. The van der Waals surface area contributed by atoms with E-state index < -0.39 is 0 Å². The molecule has 2 rings (SSSR count). The Labute approximate surface area is 107 Å². The van der Waals surface area contributed by atoms with Gasteiger partial charge in [-0.1, -0.05) is 11.6 Å². The van der Waals surface area contributed by atoms with Crippen molar-refractivity contribution in [3.05, 3.63) is 46.3 Å². The third-order valence-corrected chi connectivity index (χ3v) is 2.85. The second-order valence-corrected chi connectivity index (χ2v) is 4.55. The van der Waals surface area contributed by atoms with Crippen molar-refractivity contribution in [2.45, 2.75) is 0 Å². The Morgan fingerprint density at radius 2 is 2.19 bits per heavy atom. The molecule has 5 heteroatoms. The highest BCUT2D eigenvalue weighted by atomic mass is 79.9. The standard InChI is InChI=1S/C11H9BrClN3/c1-16(9-3-2-4-14-7-9)11-10(13)5-8(12)6-15-11/h2-7H,1H3. The van der Waals surface area contributed by atoms with E-state index >= 15 is 0 Å². The molecule has 0 saturated heterocycles. The molecule has 0 aliphatic heterocycles. The largest absolute Gasteiger partial charge is 0.327 e. The lowest BCUT2D eigenvalue weighted by Crippen LogP contribution is -2.11. The Bertz CT molecular complexity index is 490. The summed E-state index contributed by atoms with van der Waals surface area (Å²) in [6.07, 6.45) is 5.21. The van der Waals surface area contributed by atoms with Crippen molar-refractivity contribution in [2.24, 2.45) is 0 Å². The molecule has 2 heterocycles. The molecule has 82 valence electrons. The van der Waals surface area contributed by atoms with Gasteiger partial charge in [0.15, 0.2) is 5.82 Å². The lowest BCUT2D eigenvalue weighted by Gasteiger charge is -2.18. The first kappa shape index (κ1) is 11.4. The molecule has 0 bridgehead atoms. The van der Waals surface area contributed by atoms with Gasteiger partial charge in [0, 0.05) is 23.9 Å². The van der Waals surface area contributed by atoms with Crippen LogP contribution in [0.3, 0.4) is 0 Å². The van der Waals surface area contributed by atoms with Gasteiger partial charge in [-0.2, -0.15) is 0 Å². The van der Waals surface area contributed by atoms with Crippen LogP contribution in [0.15, 0.2) is 41.3 Å². The molecule has 0 fully saturated rings. The Balaban J connectivity index is 2.38. The molecule has 0 spiro atoms. The van der Waals surface area contributed by atoms with Gasteiger partial charge in [-0.25, -0.2) is 4.98 Å². The fourth-order valence-electron chi connectivity index (χ4n) is 1.33. The molecule has 0 N–H and O–H groups in total. The summed E-state index contributed by atoms with van der Waals surface area (Å²) in [6, 6.07) is 5.64. The average molecular weight is 299 g/mol. The maximum absolute atomic E-state index is 6.12. The van der Waals surface area contributed by atoms with Crippen molar-refractivity contribution >= 4 is 39.0 Å². The molecule has 0 atom stereocenters. The maximum Gasteiger partial charge on any atom is 0.151 e. The Morgan fingerprint density at radius 3 is 2.81 bits per heavy atom. The second-order valence-electron chi connectivity index (χ2n) is 3.23. The molecule has 0 aliphatic rings. The lowest BCUT2D eigenvalue weighted by molar-refractivity contribution is 1.11. The van der Waals surface area contributed by atoms with Crippen LogP contribution in [0.4, 0.5) is 11.5 Å². The summed E-state index contributed by atoms with van der Waals surface area (Å²) in [7, 11) is 1.90. The zero-order chi connectivity index (χ0) is 11.5. The highest BCUT2D eigenvalue weighted by Gasteiger charge is 2.09. The van der Waals surface area contributed by atoms with Gasteiger partial charge in [0.05, 0.1) is 16.9 Å². The molecule has 0 aliphatic carbocycles. The van der Waals surface area contributed by atoms with Gasteiger partial charge in [0.25, 0.3) is 0 Å². The molecule has 3 nitrogen and oxygen atoms in total. The number of aromatic nitrogens is 2. The minimum Gasteiger partial charge on any atom is -0.327 e. The second kappa shape index (κ2) is 4.80. The van der Waals surface area contributed by atoms with Crippen LogP contribution in [-0.4, -0.2) is 17.0 Å². The molecule has 0 amide bonds. The van der Waals surface area contributed by atoms with Gasteiger partial charge in [0.1, 0.15) is 0 Å². The smallest absolute Gasteiger partial charge is 0.151 e. The number of anilines is 2. The minimum absolute atomic E-state index is 0.598. The van der Waals surface area contributed by atoms with Gasteiger partial charge in [-0.3, -0.25) is 4.98 Å².